The first-order chi connectivity index (χ1) is 11.0. The van der Waals surface area contributed by atoms with Gasteiger partial charge >= 0.3 is 0 Å². The molecule has 0 saturated carbocycles. The van der Waals surface area contributed by atoms with E-state index in [2.05, 4.69) is 23.7 Å². The molecular weight excluding hydrogens is 314 g/mol. The topological polar surface area (TPSA) is 47.5 Å². The van der Waals surface area contributed by atoms with Crippen molar-refractivity contribution in [1.82, 2.24) is 9.97 Å². The lowest BCUT2D eigenvalue weighted by molar-refractivity contribution is 0.0752. The Kier molecular flexibility index (Phi) is 4.60. The number of aromatic nitrogens is 2. The van der Waals surface area contributed by atoms with Crippen LogP contribution in [0.1, 0.15) is 27.7 Å². The van der Waals surface area contributed by atoms with Crippen molar-refractivity contribution in [2.24, 2.45) is 0 Å². The summed E-state index contributed by atoms with van der Waals surface area (Å²) in [5, 5.41) is 1.28. The van der Waals surface area contributed by atoms with E-state index in [1.54, 1.807) is 6.20 Å². The van der Waals surface area contributed by atoms with Gasteiger partial charge in [0, 0.05) is 17.6 Å². The lowest BCUT2D eigenvalue weighted by atomic mass is 10.1. The van der Waals surface area contributed by atoms with Crippen molar-refractivity contribution >= 4 is 28.3 Å². The molecule has 0 aliphatic carbocycles. The highest BCUT2D eigenvalue weighted by Gasteiger charge is 2.28. The summed E-state index contributed by atoms with van der Waals surface area (Å²) in [5.74, 6) is 1.64. The van der Waals surface area contributed by atoms with Gasteiger partial charge in [-0.25, -0.2) is 9.97 Å². The second-order valence-electron chi connectivity index (χ2n) is 6.29. The molecule has 0 amide bonds. The van der Waals surface area contributed by atoms with Crippen LogP contribution in [0, 0.1) is 0 Å². The fourth-order valence-electron chi connectivity index (χ4n) is 3.01. The van der Waals surface area contributed by atoms with E-state index in [9.17, 15) is 0 Å². The van der Waals surface area contributed by atoms with Crippen LogP contribution in [0.5, 0.6) is 5.75 Å². The molecule has 1 saturated heterocycles. The minimum absolute atomic E-state index is 0.0694. The van der Waals surface area contributed by atoms with Gasteiger partial charge in [0.2, 0.25) is 0 Å². The number of anilines is 1. The molecule has 0 aromatic carbocycles. The van der Waals surface area contributed by atoms with Crippen LogP contribution in [0.25, 0.3) is 10.9 Å². The number of nitrogens with zero attached hydrogens (tertiary/aromatic N) is 3. The van der Waals surface area contributed by atoms with Crippen molar-refractivity contribution < 1.29 is 9.47 Å². The van der Waals surface area contributed by atoms with Crippen LogP contribution in [0.4, 0.5) is 5.82 Å². The van der Waals surface area contributed by atoms with Crippen molar-refractivity contribution in [2.75, 3.05) is 18.1 Å². The fraction of sp³-hybridized carbons (Fsp3) is 0.529. The van der Waals surface area contributed by atoms with Crippen LogP contribution in [0.2, 0.25) is 5.15 Å². The molecule has 0 N–H and O–H groups in total. The van der Waals surface area contributed by atoms with E-state index >= 15 is 0 Å². The number of pyridine rings is 2. The van der Waals surface area contributed by atoms with Gasteiger partial charge < -0.3 is 14.4 Å². The number of morpholine rings is 1. The molecule has 2 aromatic heterocycles. The maximum Gasteiger partial charge on any atom is 0.155 e. The molecule has 124 valence electrons. The van der Waals surface area contributed by atoms with Gasteiger partial charge in [0.25, 0.3) is 0 Å². The number of fused-ring (bicyclic) bond motifs is 1. The molecule has 5 nitrogen and oxygen atoms in total. The average molecular weight is 336 g/mol. The molecule has 2 aromatic rings. The molecule has 0 bridgehead atoms. The van der Waals surface area contributed by atoms with Crippen molar-refractivity contribution in [3.8, 4) is 5.75 Å². The monoisotopic (exact) mass is 335 g/mol. The van der Waals surface area contributed by atoms with Gasteiger partial charge in [0.15, 0.2) is 5.15 Å². The maximum absolute atomic E-state index is 6.28. The molecule has 1 aliphatic heterocycles. The van der Waals surface area contributed by atoms with E-state index in [1.165, 1.54) is 0 Å². The zero-order chi connectivity index (χ0) is 16.6. The van der Waals surface area contributed by atoms with Gasteiger partial charge in [-0.15, -0.1) is 0 Å². The normalized spacial score (nSPS) is 21.9. The van der Waals surface area contributed by atoms with Crippen LogP contribution < -0.4 is 9.64 Å². The van der Waals surface area contributed by atoms with Crippen molar-refractivity contribution in [3.05, 3.63) is 23.5 Å². The summed E-state index contributed by atoms with van der Waals surface area (Å²) in [6, 6.07) is 4.37. The molecule has 3 heterocycles. The Morgan fingerprint density at radius 2 is 2.00 bits per heavy atom. The summed E-state index contributed by atoms with van der Waals surface area (Å²) in [5.41, 5.74) is 0.674. The average Bonchev–Trinajstić information content (AvgIpc) is 2.47. The van der Waals surface area contributed by atoms with E-state index in [0.29, 0.717) is 23.9 Å². The summed E-state index contributed by atoms with van der Waals surface area (Å²) in [6.45, 7) is 9.66. The van der Waals surface area contributed by atoms with Gasteiger partial charge in [-0.05, 0) is 33.8 Å². The number of hydrogen-bond acceptors (Lipinski definition) is 5. The Bertz CT molecular complexity index is 698. The first-order valence-electron chi connectivity index (χ1n) is 7.95. The molecule has 1 aliphatic rings. The van der Waals surface area contributed by atoms with Crippen molar-refractivity contribution in [1.29, 1.82) is 0 Å². The molecule has 1 fully saturated rings. The number of halogens is 1. The lowest BCUT2D eigenvalue weighted by Gasteiger charge is -2.40. The third-order valence-electron chi connectivity index (χ3n) is 3.93. The molecule has 6 heteroatoms. The standard InChI is InChI=1S/C17H22ClN3O2/c1-10(2)23-14-7-15(21-11(3)8-22-9-12(21)4)20-16-13(14)5-6-19-17(16)18/h5-7,10-12H,8-9H2,1-4H3. The Labute approximate surface area is 141 Å². The van der Waals surface area contributed by atoms with Gasteiger partial charge in [-0.1, -0.05) is 11.6 Å². The van der Waals surface area contributed by atoms with E-state index in [1.807, 2.05) is 26.0 Å². The van der Waals surface area contributed by atoms with Crippen molar-refractivity contribution in [2.45, 2.75) is 45.9 Å². The van der Waals surface area contributed by atoms with E-state index < -0.39 is 0 Å². The van der Waals surface area contributed by atoms with Crippen LogP contribution in [-0.4, -0.2) is 41.4 Å². The largest absolute Gasteiger partial charge is 0.490 e. The Balaban J connectivity index is 2.15. The molecule has 2 atom stereocenters. The SMILES string of the molecule is CC(C)Oc1cc(N2C(C)COCC2C)nc2c(Cl)nccc12. The van der Waals surface area contributed by atoms with E-state index in [4.69, 9.17) is 26.1 Å². The predicted octanol–water partition coefficient (Wildman–Crippen LogP) is 3.68. The maximum atomic E-state index is 6.28. The van der Waals surface area contributed by atoms with Gasteiger partial charge in [-0.2, -0.15) is 0 Å². The highest BCUT2D eigenvalue weighted by molar-refractivity contribution is 6.34. The summed E-state index contributed by atoms with van der Waals surface area (Å²) in [6.07, 6.45) is 1.75. The van der Waals surface area contributed by atoms with Gasteiger partial charge in [-0.3, -0.25) is 0 Å². The molecule has 2 unspecified atom stereocenters. The Hall–Kier alpha value is -1.59. The third-order valence-corrected chi connectivity index (χ3v) is 4.20. The molecule has 23 heavy (non-hydrogen) atoms. The number of rotatable bonds is 3. The summed E-state index contributed by atoms with van der Waals surface area (Å²) >= 11 is 6.28. The van der Waals surface area contributed by atoms with Crippen LogP contribution in [0.15, 0.2) is 18.3 Å². The first kappa shape index (κ1) is 16.3. The number of ether oxygens (including phenoxy) is 2. The predicted molar refractivity (Wildman–Crippen MR) is 92.5 cm³/mol. The van der Waals surface area contributed by atoms with Crippen LogP contribution in [0.3, 0.4) is 0 Å². The Morgan fingerprint density at radius 3 is 2.65 bits per heavy atom. The third kappa shape index (κ3) is 3.21. The van der Waals surface area contributed by atoms with Gasteiger partial charge in [0.1, 0.15) is 17.1 Å². The summed E-state index contributed by atoms with van der Waals surface area (Å²) in [4.78, 5) is 11.2. The molecule has 3 rings (SSSR count). The lowest BCUT2D eigenvalue weighted by Crippen LogP contribution is -2.50. The molecule has 0 spiro atoms. The van der Waals surface area contributed by atoms with Gasteiger partial charge in [0.05, 0.1) is 31.4 Å². The zero-order valence-corrected chi connectivity index (χ0v) is 14.7. The number of hydrogen-bond donors (Lipinski definition) is 0. The minimum atomic E-state index is 0.0694. The minimum Gasteiger partial charge on any atom is -0.490 e. The smallest absolute Gasteiger partial charge is 0.155 e. The highest BCUT2D eigenvalue weighted by Crippen LogP contribution is 2.34. The van der Waals surface area contributed by atoms with Crippen LogP contribution in [-0.2, 0) is 4.74 Å². The second-order valence-corrected chi connectivity index (χ2v) is 6.64. The molecular formula is C17H22ClN3O2. The first-order valence-corrected chi connectivity index (χ1v) is 8.33. The second kappa shape index (κ2) is 6.49. The molecule has 0 radical (unpaired) electrons. The van der Waals surface area contributed by atoms with Crippen LogP contribution >= 0.6 is 11.6 Å². The van der Waals surface area contributed by atoms with Crippen molar-refractivity contribution in [3.63, 3.8) is 0 Å². The van der Waals surface area contributed by atoms with E-state index in [0.717, 1.165) is 17.0 Å². The highest BCUT2D eigenvalue weighted by atomic mass is 35.5. The fourth-order valence-corrected chi connectivity index (χ4v) is 3.22. The summed E-state index contributed by atoms with van der Waals surface area (Å²) < 4.78 is 11.6. The zero-order valence-electron chi connectivity index (χ0n) is 13.9. The summed E-state index contributed by atoms with van der Waals surface area (Å²) in [7, 11) is 0. The quantitative estimate of drug-likeness (QED) is 0.801. The Morgan fingerprint density at radius 1 is 1.30 bits per heavy atom. The van der Waals surface area contributed by atoms with E-state index in [-0.39, 0.29) is 18.2 Å².